The Hall–Kier alpha value is -1.51. The van der Waals surface area contributed by atoms with E-state index in [4.69, 9.17) is 5.73 Å². The first-order valence-electron chi connectivity index (χ1n) is 5.35. The summed E-state index contributed by atoms with van der Waals surface area (Å²) in [6, 6.07) is 0.629. The van der Waals surface area contributed by atoms with Crippen LogP contribution in [0.25, 0.3) is 0 Å². The number of halogens is 7. The van der Waals surface area contributed by atoms with Gasteiger partial charge in [-0.05, 0) is 24.6 Å². The maximum absolute atomic E-state index is 13.4. The number of alkyl halides is 6. The van der Waals surface area contributed by atoms with Crippen LogP contribution in [0.4, 0.5) is 30.7 Å². The van der Waals surface area contributed by atoms with Crippen molar-refractivity contribution in [1.82, 2.24) is 0 Å². The predicted molar refractivity (Wildman–Crippen MR) is 55.3 cm³/mol. The van der Waals surface area contributed by atoms with Gasteiger partial charge in [-0.3, -0.25) is 0 Å². The lowest BCUT2D eigenvalue weighted by Crippen LogP contribution is -2.19. The summed E-state index contributed by atoms with van der Waals surface area (Å²) in [6.07, 6.45) is -11.4. The molecule has 1 aromatic carbocycles. The van der Waals surface area contributed by atoms with Crippen LogP contribution in [0.5, 0.6) is 5.75 Å². The normalized spacial score (nSPS) is 14.2. The molecule has 2 nitrogen and oxygen atoms in total. The Bertz CT molecular complexity index is 455. The van der Waals surface area contributed by atoms with E-state index in [1.807, 2.05) is 0 Å². The van der Waals surface area contributed by atoms with Crippen molar-refractivity contribution in [3.63, 3.8) is 0 Å². The Balaban J connectivity index is 2.85. The van der Waals surface area contributed by atoms with E-state index in [1.165, 1.54) is 0 Å². The third kappa shape index (κ3) is 5.64. The van der Waals surface area contributed by atoms with Gasteiger partial charge in [-0.15, -0.1) is 13.2 Å². The van der Waals surface area contributed by atoms with Crippen molar-refractivity contribution in [2.75, 3.05) is 0 Å². The smallest absolute Gasteiger partial charge is 0.406 e. The van der Waals surface area contributed by atoms with Gasteiger partial charge in [0.2, 0.25) is 0 Å². The van der Waals surface area contributed by atoms with E-state index in [0.29, 0.717) is 18.2 Å². The molecule has 0 bridgehead atoms. The molecule has 2 N–H and O–H groups in total. The largest absolute Gasteiger partial charge is 0.573 e. The molecule has 0 spiro atoms. The van der Waals surface area contributed by atoms with Crippen LogP contribution < -0.4 is 10.5 Å². The molecular formula is C11H10F7NO. The van der Waals surface area contributed by atoms with Gasteiger partial charge >= 0.3 is 12.5 Å². The van der Waals surface area contributed by atoms with Gasteiger partial charge in [0.15, 0.2) is 0 Å². The van der Waals surface area contributed by atoms with Crippen LogP contribution in [-0.4, -0.2) is 12.5 Å². The van der Waals surface area contributed by atoms with Gasteiger partial charge in [0.05, 0.1) is 0 Å². The second-order valence-corrected chi connectivity index (χ2v) is 3.99. The highest BCUT2D eigenvalue weighted by Gasteiger charge is 2.32. The molecule has 0 aliphatic heterocycles. The van der Waals surface area contributed by atoms with Crippen LogP contribution in [0.15, 0.2) is 18.2 Å². The molecule has 1 atom stereocenters. The van der Waals surface area contributed by atoms with Crippen LogP contribution in [0, 0.1) is 5.82 Å². The van der Waals surface area contributed by atoms with Gasteiger partial charge in [0.1, 0.15) is 11.6 Å². The average molecular weight is 305 g/mol. The number of rotatable bonds is 4. The number of hydrogen-bond donors (Lipinski definition) is 1. The lowest BCUT2D eigenvalue weighted by Gasteiger charge is -2.16. The monoisotopic (exact) mass is 305 g/mol. The first-order chi connectivity index (χ1) is 8.98. The van der Waals surface area contributed by atoms with E-state index in [0.717, 1.165) is 0 Å². The highest BCUT2D eigenvalue weighted by atomic mass is 19.4. The molecule has 0 aliphatic carbocycles. The van der Waals surface area contributed by atoms with Crippen LogP contribution >= 0.6 is 0 Å². The maximum Gasteiger partial charge on any atom is 0.573 e. The van der Waals surface area contributed by atoms with Crippen LogP contribution in [0.1, 0.15) is 24.4 Å². The molecule has 0 amide bonds. The van der Waals surface area contributed by atoms with Crippen molar-refractivity contribution in [1.29, 1.82) is 0 Å². The van der Waals surface area contributed by atoms with Crippen molar-refractivity contribution >= 4 is 0 Å². The summed E-state index contributed by atoms with van der Waals surface area (Å²) < 4.78 is 88.9. The third-order valence-corrected chi connectivity index (χ3v) is 2.34. The Morgan fingerprint density at radius 3 is 2.20 bits per heavy atom. The van der Waals surface area contributed by atoms with Gasteiger partial charge in [0, 0.05) is 18.0 Å². The second kappa shape index (κ2) is 5.86. The zero-order valence-electron chi connectivity index (χ0n) is 9.85. The van der Waals surface area contributed by atoms with Gasteiger partial charge in [-0.25, -0.2) is 4.39 Å². The molecule has 0 aromatic heterocycles. The summed E-state index contributed by atoms with van der Waals surface area (Å²) in [5.41, 5.74) is 4.90. The zero-order chi connectivity index (χ0) is 15.6. The fraction of sp³-hybridized carbons (Fsp3) is 0.455. The lowest BCUT2D eigenvalue weighted by atomic mass is 10.0. The van der Waals surface area contributed by atoms with E-state index in [2.05, 4.69) is 4.74 Å². The number of benzene rings is 1. The first-order valence-corrected chi connectivity index (χ1v) is 5.35. The van der Waals surface area contributed by atoms with E-state index >= 15 is 0 Å². The van der Waals surface area contributed by atoms with Gasteiger partial charge < -0.3 is 10.5 Å². The SMILES string of the molecule is N[C@H](CCC(F)(F)F)c1cc(OC(F)(F)F)ccc1F. The third-order valence-electron chi connectivity index (χ3n) is 2.34. The summed E-state index contributed by atoms with van der Waals surface area (Å²) in [5.74, 6) is -1.73. The maximum atomic E-state index is 13.4. The molecule has 0 fully saturated rings. The fourth-order valence-corrected chi connectivity index (χ4v) is 1.48. The van der Waals surface area contributed by atoms with E-state index in [-0.39, 0.29) is 0 Å². The Morgan fingerprint density at radius 1 is 1.10 bits per heavy atom. The average Bonchev–Trinajstić information content (AvgIpc) is 2.25. The quantitative estimate of drug-likeness (QED) is 0.851. The number of hydrogen-bond acceptors (Lipinski definition) is 2. The van der Waals surface area contributed by atoms with Crippen molar-refractivity contribution < 1.29 is 35.5 Å². The minimum Gasteiger partial charge on any atom is -0.406 e. The zero-order valence-corrected chi connectivity index (χ0v) is 9.85. The summed E-state index contributed by atoms with van der Waals surface area (Å²) in [7, 11) is 0. The highest BCUT2D eigenvalue weighted by Crippen LogP contribution is 2.30. The minimum absolute atomic E-state index is 0.462. The molecule has 0 radical (unpaired) electrons. The summed E-state index contributed by atoms with van der Waals surface area (Å²) >= 11 is 0. The van der Waals surface area contributed by atoms with Crippen molar-refractivity contribution in [3.8, 4) is 5.75 Å². The molecule has 20 heavy (non-hydrogen) atoms. The van der Waals surface area contributed by atoms with E-state index < -0.39 is 48.6 Å². The van der Waals surface area contributed by atoms with Gasteiger partial charge in [-0.2, -0.15) is 13.2 Å². The standard InChI is InChI=1S/C11H10F7NO/c12-8-2-1-6(20-11(16,17)18)5-7(8)9(19)3-4-10(13,14)15/h1-2,5,9H,3-4,19H2/t9-/m1/s1. The predicted octanol–water partition coefficient (Wildman–Crippen LogP) is 4.07. The fourth-order valence-electron chi connectivity index (χ4n) is 1.48. The minimum atomic E-state index is -4.98. The van der Waals surface area contributed by atoms with Crippen LogP contribution in [0.3, 0.4) is 0 Å². The topological polar surface area (TPSA) is 35.2 Å². The van der Waals surface area contributed by atoms with Crippen molar-refractivity contribution in [3.05, 3.63) is 29.6 Å². The highest BCUT2D eigenvalue weighted by molar-refractivity contribution is 5.32. The molecule has 9 heteroatoms. The molecule has 0 heterocycles. The summed E-state index contributed by atoms with van der Waals surface area (Å²) in [4.78, 5) is 0. The molecule has 0 unspecified atom stereocenters. The van der Waals surface area contributed by atoms with Gasteiger partial charge in [0.25, 0.3) is 0 Å². The molecule has 114 valence electrons. The number of ether oxygens (including phenoxy) is 1. The van der Waals surface area contributed by atoms with Crippen LogP contribution in [-0.2, 0) is 0 Å². The first kappa shape index (κ1) is 16.5. The molecule has 0 aliphatic rings. The number of nitrogens with two attached hydrogens (primary N) is 1. The second-order valence-electron chi connectivity index (χ2n) is 3.99. The lowest BCUT2D eigenvalue weighted by molar-refractivity contribution is -0.274. The Kier molecular flexibility index (Phi) is 4.85. The molecule has 0 saturated heterocycles. The van der Waals surface area contributed by atoms with E-state index in [1.54, 1.807) is 0 Å². The summed E-state index contributed by atoms with van der Waals surface area (Å²) in [5, 5.41) is 0. The van der Waals surface area contributed by atoms with Gasteiger partial charge in [-0.1, -0.05) is 0 Å². The molecule has 0 saturated carbocycles. The Labute approximate surface area is 109 Å². The molecule has 1 aromatic rings. The van der Waals surface area contributed by atoms with Crippen molar-refractivity contribution in [2.24, 2.45) is 5.73 Å². The summed E-state index contributed by atoms with van der Waals surface area (Å²) in [6.45, 7) is 0. The Morgan fingerprint density at radius 2 is 1.70 bits per heavy atom. The van der Waals surface area contributed by atoms with Crippen LogP contribution in [0.2, 0.25) is 0 Å². The molecule has 1 rings (SSSR count). The molecular weight excluding hydrogens is 295 g/mol. The van der Waals surface area contributed by atoms with E-state index in [9.17, 15) is 30.7 Å². The van der Waals surface area contributed by atoms with Crippen molar-refractivity contribution in [2.45, 2.75) is 31.4 Å².